The highest BCUT2D eigenvalue weighted by atomic mass is 15.1. The van der Waals surface area contributed by atoms with Crippen molar-refractivity contribution in [1.29, 1.82) is 0 Å². The van der Waals surface area contributed by atoms with Crippen LogP contribution in [0.4, 0.5) is 17.1 Å². The molecule has 0 N–H and O–H groups in total. The Morgan fingerprint density at radius 2 is 0.690 bits per heavy atom. The van der Waals surface area contributed by atoms with Crippen LogP contribution in [0, 0.1) is 6.92 Å². The predicted octanol–water partition coefficient (Wildman–Crippen LogP) is 9.51. The summed E-state index contributed by atoms with van der Waals surface area (Å²) in [6.07, 6.45) is 0. The largest absolute Gasteiger partial charge is 0.311 e. The van der Waals surface area contributed by atoms with Gasteiger partial charge in [0.25, 0.3) is 0 Å². The fraction of sp³-hybridized carbons (Fsp3) is 0.231. The van der Waals surface area contributed by atoms with E-state index in [0.29, 0.717) is 0 Å². The van der Waals surface area contributed by atoms with Crippen molar-refractivity contribution in [3.8, 4) is 0 Å². The van der Waals surface area contributed by atoms with Crippen molar-refractivity contribution in [3.05, 3.63) is 161 Å². The Labute approximate surface area is 252 Å². The Morgan fingerprint density at radius 1 is 0.381 bits per heavy atom. The fourth-order valence-corrected chi connectivity index (χ4v) is 5.40. The first-order valence-corrected chi connectivity index (χ1v) is 15.2. The molecule has 0 radical (unpaired) electrons. The van der Waals surface area contributed by atoms with E-state index in [0.717, 1.165) is 39.3 Å². The molecule has 0 heterocycles. The van der Waals surface area contributed by atoms with Gasteiger partial charge < -0.3 is 4.90 Å². The van der Waals surface area contributed by atoms with Gasteiger partial charge in [0.05, 0.1) is 0 Å². The Bertz CT molecular complexity index is 1380. The minimum absolute atomic E-state index is 0.932. The van der Waals surface area contributed by atoms with Crippen LogP contribution in [-0.2, 0) is 26.2 Å². The summed E-state index contributed by atoms with van der Waals surface area (Å²) in [5.74, 6) is 0. The van der Waals surface area contributed by atoms with Gasteiger partial charge in [-0.25, -0.2) is 0 Å². The molecule has 0 aliphatic rings. The summed E-state index contributed by atoms with van der Waals surface area (Å²) in [6, 6.07) is 48.5. The third kappa shape index (κ3) is 7.97. The van der Waals surface area contributed by atoms with E-state index in [2.05, 4.69) is 169 Å². The molecule has 3 heteroatoms. The number of hydrogen-bond acceptors (Lipinski definition) is 3. The number of rotatable bonds is 13. The van der Waals surface area contributed by atoms with Gasteiger partial charge in [0.2, 0.25) is 0 Å². The maximum atomic E-state index is 2.48. The second-order valence-electron chi connectivity index (χ2n) is 11.1. The highest BCUT2D eigenvalue weighted by molar-refractivity contribution is 5.76. The van der Waals surface area contributed by atoms with Crippen molar-refractivity contribution in [3.63, 3.8) is 0 Å². The smallest absolute Gasteiger partial charge is 0.0461 e. The summed E-state index contributed by atoms with van der Waals surface area (Å²) in [5.41, 5.74) is 10.1. The van der Waals surface area contributed by atoms with Gasteiger partial charge in [0, 0.05) is 43.2 Å². The molecule has 0 unspecified atom stereocenters. The quantitative estimate of drug-likeness (QED) is 0.144. The molecule has 0 amide bonds. The molecule has 42 heavy (non-hydrogen) atoms. The van der Waals surface area contributed by atoms with Gasteiger partial charge in [0.15, 0.2) is 0 Å². The molecule has 5 aromatic rings. The number of aryl methyl sites for hydroxylation is 1. The summed E-state index contributed by atoms with van der Waals surface area (Å²) in [5, 5.41) is 0. The normalized spacial score (nSPS) is 11.3. The average Bonchev–Trinajstić information content (AvgIpc) is 3.04. The van der Waals surface area contributed by atoms with Crippen LogP contribution in [0.25, 0.3) is 0 Å². The van der Waals surface area contributed by atoms with E-state index in [4.69, 9.17) is 0 Å². The lowest BCUT2D eigenvalue weighted by Gasteiger charge is -2.27. The van der Waals surface area contributed by atoms with Crippen molar-refractivity contribution in [2.75, 3.05) is 18.0 Å². The van der Waals surface area contributed by atoms with E-state index in [-0.39, 0.29) is 0 Å². The van der Waals surface area contributed by atoms with Crippen LogP contribution in [0.3, 0.4) is 0 Å². The van der Waals surface area contributed by atoms with E-state index < -0.39 is 0 Å². The third-order valence-corrected chi connectivity index (χ3v) is 7.89. The van der Waals surface area contributed by atoms with Crippen molar-refractivity contribution in [1.82, 2.24) is 9.80 Å². The molecular weight excluding hydrogens is 510 g/mol. The molecule has 0 aliphatic heterocycles. The summed E-state index contributed by atoms with van der Waals surface area (Å²) in [6.45, 7) is 12.4. The van der Waals surface area contributed by atoms with Crippen LogP contribution in [0.1, 0.15) is 41.7 Å². The zero-order chi connectivity index (χ0) is 29.1. The van der Waals surface area contributed by atoms with Gasteiger partial charge in [-0.3, -0.25) is 9.80 Å². The van der Waals surface area contributed by atoms with Crippen LogP contribution in [0.15, 0.2) is 133 Å². The van der Waals surface area contributed by atoms with Crippen molar-refractivity contribution in [2.24, 2.45) is 0 Å². The lowest BCUT2D eigenvalue weighted by Crippen LogP contribution is -2.22. The molecule has 214 valence electrons. The molecule has 0 atom stereocenters. The molecule has 0 saturated carbocycles. The molecule has 5 rings (SSSR count). The van der Waals surface area contributed by atoms with Crippen LogP contribution in [0.2, 0.25) is 0 Å². The maximum Gasteiger partial charge on any atom is 0.0461 e. The van der Waals surface area contributed by atoms with E-state index >= 15 is 0 Å². The highest BCUT2D eigenvalue weighted by Crippen LogP contribution is 2.35. The van der Waals surface area contributed by atoms with Gasteiger partial charge in [-0.2, -0.15) is 0 Å². The molecule has 0 aliphatic carbocycles. The minimum Gasteiger partial charge on any atom is -0.311 e. The molecule has 0 spiro atoms. The van der Waals surface area contributed by atoms with Gasteiger partial charge in [-0.05, 0) is 78.7 Å². The van der Waals surface area contributed by atoms with Crippen molar-refractivity contribution < 1.29 is 0 Å². The van der Waals surface area contributed by atoms with Gasteiger partial charge in [0.1, 0.15) is 0 Å². The molecule has 5 aromatic carbocycles. The van der Waals surface area contributed by atoms with E-state index in [1.54, 1.807) is 0 Å². The Morgan fingerprint density at radius 3 is 1.02 bits per heavy atom. The first-order valence-electron chi connectivity index (χ1n) is 15.2. The van der Waals surface area contributed by atoms with Gasteiger partial charge >= 0.3 is 0 Å². The van der Waals surface area contributed by atoms with E-state index in [1.807, 2.05) is 0 Å². The van der Waals surface area contributed by atoms with E-state index in [1.165, 1.54) is 44.9 Å². The van der Waals surface area contributed by atoms with Crippen molar-refractivity contribution >= 4 is 17.1 Å². The molecular formula is C39H43N3. The number of benzene rings is 5. The van der Waals surface area contributed by atoms with Crippen LogP contribution < -0.4 is 4.90 Å². The summed E-state index contributed by atoms with van der Waals surface area (Å²) < 4.78 is 0. The minimum atomic E-state index is 0.932. The van der Waals surface area contributed by atoms with E-state index in [9.17, 15) is 0 Å². The highest BCUT2D eigenvalue weighted by Gasteiger charge is 2.14. The summed E-state index contributed by atoms with van der Waals surface area (Å²) in [4.78, 5) is 7.33. The SMILES string of the molecule is CCN(Cc1ccccc1)Cc1ccc(N(c2ccc(C)cc2)c2ccc(CN(CC)Cc3ccccc3)cc2)cc1. The Kier molecular flexibility index (Phi) is 10.2. The Hall–Kier alpha value is -4.18. The lowest BCUT2D eigenvalue weighted by molar-refractivity contribution is 0.271. The number of anilines is 3. The zero-order valence-corrected chi connectivity index (χ0v) is 25.3. The summed E-state index contributed by atoms with van der Waals surface area (Å²) >= 11 is 0. The fourth-order valence-electron chi connectivity index (χ4n) is 5.40. The molecule has 0 fully saturated rings. The second-order valence-corrected chi connectivity index (χ2v) is 11.1. The monoisotopic (exact) mass is 553 g/mol. The molecule has 0 aromatic heterocycles. The number of nitrogens with zero attached hydrogens (tertiary/aromatic N) is 3. The van der Waals surface area contributed by atoms with Crippen LogP contribution >= 0.6 is 0 Å². The second kappa shape index (κ2) is 14.6. The Balaban J connectivity index is 1.33. The average molecular weight is 554 g/mol. The zero-order valence-electron chi connectivity index (χ0n) is 25.3. The first-order chi connectivity index (χ1) is 20.6. The molecule has 0 bridgehead atoms. The van der Waals surface area contributed by atoms with Crippen molar-refractivity contribution in [2.45, 2.75) is 47.0 Å². The topological polar surface area (TPSA) is 9.72 Å². The number of hydrogen-bond donors (Lipinski definition) is 0. The van der Waals surface area contributed by atoms with Crippen LogP contribution in [0.5, 0.6) is 0 Å². The standard InChI is InChI=1S/C39H43N3/c1-4-40(28-33-12-8-6-9-13-33)30-35-18-24-38(25-19-35)42(37-22-16-32(3)17-23-37)39-26-20-36(21-27-39)31-41(5-2)29-34-14-10-7-11-15-34/h6-27H,4-5,28-31H2,1-3H3. The molecule has 3 nitrogen and oxygen atoms in total. The molecule has 0 saturated heterocycles. The van der Waals surface area contributed by atoms with Gasteiger partial charge in [-0.1, -0.05) is 116 Å². The summed E-state index contributed by atoms with van der Waals surface area (Å²) in [7, 11) is 0. The maximum absolute atomic E-state index is 2.48. The predicted molar refractivity (Wildman–Crippen MR) is 178 cm³/mol. The third-order valence-electron chi connectivity index (χ3n) is 7.89. The van der Waals surface area contributed by atoms with Gasteiger partial charge in [-0.15, -0.1) is 0 Å². The first kappa shape index (κ1) is 29.3. The van der Waals surface area contributed by atoms with Crippen LogP contribution in [-0.4, -0.2) is 22.9 Å². The lowest BCUT2D eigenvalue weighted by atomic mass is 10.1.